The van der Waals surface area contributed by atoms with Gasteiger partial charge in [-0.2, -0.15) is 5.10 Å². The maximum atomic E-state index is 12.0. The summed E-state index contributed by atoms with van der Waals surface area (Å²) < 4.78 is 5.40. The molecule has 0 amide bonds. The lowest BCUT2D eigenvalue weighted by Gasteiger charge is -1.98. The molecule has 0 unspecified atom stereocenters. The summed E-state index contributed by atoms with van der Waals surface area (Å²) in [5.74, 6) is -0.111. The van der Waals surface area contributed by atoms with E-state index in [1.54, 1.807) is 28.5 Å². The van der Waals surface area contributed by atoms with Crippen molar-refractivity contribution in [1.82, 2.24) is 19.4 Å². The van der Waals surface area contributed by atoms with E-state index in [4.69, 9.17) is 0 Å². The van der Waals surface area contributed by atoms with Crippen LogP contribution in [-0.2, 0) is 0 Å². The van der Waals surface area contributed by atoms with Gasteiger partial charge in [-0.1, -0.05) is 22.7 Å². The lowest BCUT2D eigenvalue weighted by Crippen LogP contribution is -1.94. The van der Waals surface area contributed by atoms with E-state index in [2.05, 4.69) is 14.7 Å². The molecule has 0 fully saturated rings. The molecule has 5 nitrogen and oxygen atoms in total. The number of carbonyl (C=O) groups is 1. The molecule has 1 aromatic carbocycles. The van der Waals surface area contributed by atoms with Gasteiger partial charge in [-0.25, -0.2) is 4.68 Å². The van der Waals surface area contributed by atoms with Crippen LogP contribution < -0.4 is 0 Å². The molecule has 98 valence electrons. The van der Waals surface area contributed by atoms with Gasteiger partial charge in [0.2, 0.25) is 0 Å². The fourth-order valence-electron chi connectivity index (χ4n) is 1.67. The van der Waals surface area contributed by atoms with Crippen molar-refractivity contribution in [1.29, 1.82) is 0 Å². The van der Waals surface area contributed by atoms with Crippen molar-refractivity contribution < 1.29 is 4.79 Å². The number of allylic oxidation sites excluding steroid dienone is 1. The Morgan fingerprint density at radius 1 is 1.25 bits per heavy atom. The van der Waals surface area contributed by atoms with Crippen molar-refractivity contribution in [3.63, 3.8) is 0 Å². The van der Waals surface area contributed by atoms with Gasteiger partial charge in [0, 0.05) is 11.6 Å². The molecular formula is C14H10N4OS. The molecule has 2 heterocycles. The molecule has 0 atom stereocenters. The zero-order valence-corrected chi connectivity index (χ0v) is 11.2. The molecule has 0 aliphatic rings. The molecule has 2 aromatic heterocycles. The molecule has 0 spiro atoms. The summed E-state index contributed by atoms with van der Waals surface area (Å²) in [6.07, 6.45) is 6.38. The molecule has 0 saturated carbocycles. The molecule has 3 aromatic rings. The zero-order valence-electron chi connectivity index (χ0n) is 10.4. The normalized spacial score (nSPS) is 11.0. The van der Waals surface area contributed by atoms with Crippen LogP contribution in [0, 0.1) is 0 Å². The number of ketones is 1. The van der Waals surface area contributed by atoms with Gasteiger partial charge < -0.3 is 0 Å². The molecule has 20 heavy (non-hydrogen) atoms. The van der Waals surface area contributed by atoms with Gasteiger partial charge in [0.25, 0.3) is 0 Å². The number of benzene rings is 1. The second-order valence-electron chi connectivity index (χ2n) is 4.04. The van der Waals surface area contributed by atoms with Crippen molar-refractivity contribution >= 4 is 23.4 Å². The monoisotopic (exact) mass is 282 g/mol. The predicted octanol–water partition coefficient (Wildman–Crippen LogP) is 2.62. The van der Waals surface area contributed by atoms with Crippen LogP contribution >= 0.6 is 11.5 Å². The van der Waals surface area contributed by atoms with E-state index in [1.807, 2.05) is 30.3 Å². The van der Waals surface area contributed by atoms with Crippen molar-refractivity contribution in [2.24, 2.45) is 0 Å². The average molecular weight is 282 g/mol. The molecule has 0 N–H and O–H groups in total. The summed E-state index contributed by atoms with van der Waals surface area (Å²) >= 11 is 1.25. The average Bonchev–Trinajstić information content (AvgIpc) is 3.17. The van der Waals surface area contributed by atoms with Crippen LogP contribution in [0.5, 0.6) is 0 Å². The Morgan fingerprint density at radius 2 is 2.10 bits per heavy atom. The fraction of sp³-hybridized carbons (Fsp3) is 0. The van der Waals surface area contributed by atoms with Crippen molar-refractivity contribution in [2.45, 2.75) is 0 Å². The number of carbonyl (C=O) groups excluding carboxylic acids is 1. The highest BCUT2D eigenvalue weighted by atomic mass is 32.1. The van der Waals surface area contributed by atoms with Gasteiger partial charge in [0.15, 0.2) is 5.78 Å². The summed E-state index contributed by atoms with van der Waals surface area (Å²) in [4.78, 5) is 12.0. The van der Waals surface area contributed by atoms with Gasteiger partial charge >= 0.3 is 0 Å². The van der Waals surface area contributed by atoms with Crippen LogP contribution in [0.1, 0.15) is 16.1 Å². The van der Waals surface area contributed by atoms with Crippen molar-refractivity contribution in [2.75, 3.05) is 0 Å². The molecule has 0 aliphatic heterocycles. The molecule has 3 rings (SSSR count). The van der Waals surface area contributed by atoms with Gasteiger partial charge in [-0.3, -0.25) is 4.79 Å². The standard InChI is InChI=1S/C14H10N4OS/c19-14(7-6-12-10-20-17-16-12)11-8-15-18(9-11)13-4-2-1-3-5-13/h1-10H/b7-6+. The second kappa shape index (κ2) is 5.58. The van der Waals surface area contributed by atoms with E-state index in [0.29, 0.717) is 11.3 Å². The lowest BCUT2D eigenvalue weighted by molar-refractivity contribution is 0.104. The van der Waals surface area contributed by atoms with Gasteiger partial charge in [0.05, 0.1) is 23.1 Å². The first kappa shape index (κ1) is 12.4. The first-order valence-electron chi connectivity index (χ1n) is 5.92. The quantitative estimate of drug-likeness (QED) is 0.545. The lowest BCUT2D eigenvalue weighted by atomic mass is 10.2. The third kappa shape index (κ3) is 2.70. The Kier molecular flexibility index (Phi) is 3.47. The van der Waals surface area contributed by atoms with Crippen LogP contribution in [0.4, 0.5) is 0 Å². The summed E-state index contributed by atoms with van der Waals surface area (Å²) in [6.45, 7) is 0. The van der Waals surface area contributed by atoms with Gasteiger partial charge in [-0.05, 0) is 35.8 Å². The SMILES string of the molecule is O=C(/C=C/c1csnn1)c1cnn(-c2ccccc2)c1. The Labute approximate surface area is 119 Å². The molecule has 0 radical (unpaired) electrons. The maximum absolute atomic E-state index is 12.0. The first-order valence-corrected chi connectivity index (χ1v) is 6.76. The fourth-order valence-corrected chi connectivity index (χ4v) is 2.10. The van der Waals surface area contributed by atoms with Gasteiger partial charge in [-0.15, -0.1) is 5.10 Å². The molecule has 6 heteroatoms. The highest BCUT2D eigenvalue weighted by Crippen LogP contribution is 2.09. The number of rotatable bonds is 4. The molecular weight excluding hydrogens is 272 g/mol. The molecule has 0 aliphatic carbocycles. The maximum Gasteiger partial charge on any atom is 0.189 e. The predicted molar refractivity (Wildman–Crippen MR) is 76.8 cm³/mol. The van der Waals surface area contributed by atoms with Crippen molar-refractivity contribution in [3.8, 4) is 5.69 Å². The minimum absolute atomic E-state index is 0.111. The van der Waals surface area contributed by atoms with Gasteiger partial charge in [0.1, 0.15) is 0 Å². The first-order chi connectivity index (χ1) is 9.83. The van der Waals surface area contributed by atoms with Crippen LogP contribution in [0.3, 0.4) is 0 Å². The smallest absolute Gasteiger partial charge is 0.189 e. The minimum Gasteiger partial charge on any atom is -0.289 e. The minimum atomic E-state index is -0.111. The Hall–Kier alpha value is -2.60. The number of hydrogen-bond acceptors (Lipinski definition) is 5. The number of nitrogens with zero attached hydrogens (tertiary/aromatic N) is 4. The van der Waals surface area contributed by atoms with Crippen LogP contribution in [0.15, 0.2) is 54.2 Å². The highest BCUT2D eigenvalue weighted by Gasteiger charge is 2.06. The zero-order chi connectivity index (χ0) is 13.8. The Morgan fingerprint density at radius 3 is 2.85 bits per heavy atom. The summed E-state index contributed by atoms with van der Waals surface area (Å²) in [7, 11) is 0. The Bertz CT molecular complexity index is 732. The number of hydrogen-bond donors (Lipinski definition) is 0. The van der Waals surface area contributed by atoms with E-state index < -0.39 is 0 Å². The largest absolute Gasteiger partial charge is 0.289 e. The third-order valence-electron chi connectivity index (χ3n) is 2.67. The van der Waals surface area contributed by atoms with E-state index in [0.717, 1.165) is 5.69 Å². The van der Waals surface area contributed by atoms with E-state index in [9.17, 15) is 4.79 Å². The second-order valence-corrected chi connectivity index (χ2v) is 4.65. The van der Waals surface area contributed by atoms with Crippen molar-refractivity contribution in [3.05, 3.63) is 65.4 Å². The van der Waals surface area contributed by atoms with Crippen LogP contribution in [0.25, 0.3) is 11.8 Å². The topological polar surface area (TPSA) is 60.7 Å². The Balaban J connectivity index is 1.78. The number of aromatic nitrogens is 4. The van der Waals surface area contributed by atoms with E-state index >= 15 is 0 Å². The van der Waals surface area contributed by atoms with E-state index in [1.165, 1.54) is 17.6 Å². The number of para-hydroxylation sites is 1. The van der Waals surface area contributed by atoms with Crippen LogP contribution in [-0.4, -0.2) is 25.2 Å². The summed E-state index contributed by atoms with van der Waals surface area (Å²) in [5.41, 5.74) is 2.13. The summed E-state index contributed by atoms with van der Waals surface area (Å²) in [6, 6.07) is 9.64. The molecule has 0 bridgehead atoms. The molecule has 0 saturated heterocycles. The third-order valence-corrected chi connectivity index (χ3v) is 3.19. The van der Waals surface area contributed by atoms with Crippen LogP contribution in [0.2, 0.25) is 0 Å². The summed E-state index contributed by atoms with van der Waals surface area (Å²) in [5, 5.41) is 9.81. The van der Waals surface area contributed by atoms with E-state index in [-0.39, 0.29) is 5.78 Å². The highest BCUT2D eigenvalue weighted by molar-refractivity contribution is 7.03.